The van der Waals surface area contributed by atoms with Crippen LogP contribution in [0, 0.1) is 10.1 Å². The minimum absolute atomic E-state index is 0.0723. The lowest BCUT2D eigenvalue weighted by Crippen LogP contribution is -2.45. The standard InChI is InChI=1S/C16H17N3O5/c1-3-4-9-24-15(20)13-10(2)17-16(21)18-14(13)11-5-7-12(8-6-11)19(22)23/h3-8,14H,9H2,1-2H3,(H2,17,18,21)/b4-3+/t14-/m1/s1. The predicted molar refractivity (Wildman–Crippen MR) is 86.0 cm³/mol. The second-order valence-corrected chi connectivity index (χ2v) is 5.09. The lowest BCUT2D eigenvalue weighted by molar-refractivity contribution is -0.384. The monoisotopic (exact) mass is 331 g/mol. The maximum atomic E-state index is 12.3. The average Bonchev–Trinajstić information content (AvgIpc) is 2.54. The normalized spacial score (nSPS) is 17.4. The molecule has 1 heterocycles. The predicted octanol–water partition coefficient (Wildman–Crippen LogP) is 2.34. The average molecular weight is 331 g/mol. The molecular weight excluding hydrogens is 314 g/mol. The molecule has 8 heteroatoms. The molecule has 0 saturated carbocycles. The molecule has 0 aliphatic carbocycles. The van der Waals surface area contributed by atoms with Crippen LogP contribution in [-0.4, -0.2) is 23.5 Å². The maximum Gasteiger partial charge on any atom is 0.338 e. The second kappa shape index (κ2) is 7.40. The van der Waals surface area contributed by atoms with Crippen molar-refractivity contribution in [2.45, 2.75) is 19.9 Å². The molecule has 0 fully saturated rings. The smallest absolute Gasteiger partial charge is 0.338 e. The van der Waals surface area contributed by atoms with Crippen LogP contribution in [0.25, 0.3) is 0 Å². The summed E-state index contributed by atoms with van der Waals surface area (Å²) >= 11 is 0. The van der Waals surface area contributed by atoms with Crippen molar-refractivity contribution < 1.29 is 19.2 Å². The lowest BCUT2D eigenvalue weighted by Gasteiger charge is -2.28. The number of nitro groups is 1. The van der Waals surface area contributed by atoms with Gasteiger partial charge >= 0.3 is 12.0 Å². The molecule has 0 bridgehead atoms. The number of urea groups is 1. The number of non-ortho nitro benzene ring substituents is 1. The van der Waals surface area contributed by atoms with Gasteiger partial charge in [0.05, 0.1) is 16.5 Å². The van der Waals surface area contributed by atoms with Gasteiger partial charge in [0.1, 0.15) is 6.61 Å². The van der Waals surface area contributed by atoms with Gasteiger partial charge in [0.25, 0.3) is 5.69 Å². The first-order valence-electron chi connectivity index (χ1n) is 7.25. The Labute approximate surface area is 138 Å². The molecule has 0 aromatic heterocycles. The van der Waals surface area contributed by atoms with E-state index in [1.807, 2.05) is 0 Å². The van der Waals surface area contributed by atoms with E-state index in [1.165, 1.54) is 24.3 Å². The molecule has 0 unspecified atom stereocenters. The van der Waals surface area contributed by atoms with Gasteiger partial charge in [-0.15, -0.1) is 0 Å². The van der Waals surface area contributed by atoms with Gasteiger partial charge in [-0.1, -0.05) is 12.2 Å². The number of nitro benzene ring substituents is 1. The van der Waals surface area contributed by atoms with Crippen molar-refractivity contribution >= 4 is 17.7 Å². The molecule has 2 amide bonds. The van der Waals surface area contributed by atoms with Crippen molar-refractivity contribution in [1.29, 1.82) is 0 Å². The zero-order valence-corrected chi connectivity index (χ0v) is 13.2. The number of nitrogens with zero attached hydrogens (tertiary/aromatic N) is 1. The number of allylic oxidation sites excluding steroid dienone is 2. The number of benzene rings is 1. The fourth-order valence-electron chi connectivity index (χ4n) is 2.30. The molecule has 8 nitrogen and oxygen atoms in total. The van der Waals surface area contributed by atoms with Crippen molar-refractivity contribution in [1.82, 2.24) is 10.6 Å². The van der Waals surface area contributed by atoms with Crippen LogP contribution in [0.3, 0.4) is 0 Å². The van der Waals surface area contributed by atoms with Crippen molar-refractivity contribution in [3.8, 4) is 0 Å². The molecule has 0 spiro atoms. The van der Waals surface area contributed by atoms with E-state index in [-0.39, 0.29) is 17.9 Å². The van der Waals surface area contributed by atoms with Crippen LogP contribution < -0.4 is 10.6 Å². The molecule has 1 aliphatic rings. The Hall–Kier alpha value is -3.16. The highest BCUT2D eigenvalue weighted by Crippen LogP contribution is 2.28. The highest BCUT2D eigenvalue weighted by Gasteiger charge is 2.32. The Morgan fingerprint density at radius 3 is 2.62 bits per heavy atom. The van der Waals surface area contributed by atoms with E-state index in [0.29, 0.717) is 11.3 Å². The molecule has 1 aliphatic heterocycles. The summed E-state index contributed by atoms with van der Waals surface area (Å²) in [6.07, 6.45) is 3.44. The third-order valence-corrected chi connectivity index (χ3v) is 3.47. The van der Waals surface area contributed by atoms with Gasteiger partial charge < -0.3 is 15.4 Å². The van der Waals surface area contributed by atoms with E-state index >= 15 is 0 Å². The molecule has 1 aromatic rings. The third kappa shape index (κ3) is 3.78. The Morgan fingerprint density at radius 2 is 2.04 bits per heavy atom. The summed E-state index contributed by atoms with van der Waals surface area (Å²) in [4.78, 5) is 34.3. The summed E-state index contributed by atoms with van der Waals surface area (Å²) in [5.74, 6) is -0.568. The molecule has 2 N–H and O–H groups in total. The van der Waals surface area contributed by atoms with Gasteiger partial charge in [-0.2, -0.15) is 0 Å². The first-order chi connectivity index (χ1) is 11.4. The number of rotatable bonds is 5. The molecule has 0 saturated heterocycles. The number of ether oxygens (including phenoxy) is 1. The zero-order chi connectivity index (χ0) is 17.7. The molecule has 0 radical (unpaired) electrons. The van der Waals surface area contributed by atoms with E-state index in [1.54, 1.807) is 26.0 Å². The fraction of sp³-hybridized carbons (Fsp3) is 0.250. The first-order valence-corrected chi connectivity index (χ1v) is 7.25. The Balaban J connectivity index is 2.33. The number of carbonyl (C=O) groups is 2. The summed E-state index contributed by atoms with van der Waals surface area (Å²) < 4.78 is 5.16. The highest BCUT2D eigenvalue weighted by molar-refractivity contribution is 5.95. The molecular formula is C16H17N3O5. The zero-order valence-electron chi connectivity index (χ0n) is 13.2. The van der Waals surface area contributed by atoms with Crippen LogP contribution >= 0.6 is 0 Å². The third-order valence-electron chi connectivity index (χ3n) is 3.47. The largest absolute Gasteiger partial charge is 0.458 e. The van der Waals surface area contributed by atoms with Crippen LogP contribution in [0.2, 0.25) is 0 Å². The van der Waals surface area contributed by atoms with Crippen LogP contribution in [0.5, 0.6) is 0 Å². The van der Waals surface area contributed by atoms with Crippen LogP contribution in [0.4, 0.5) is 10.5 Å². The number of carbonyl (C=O) groups excluding carboxylic acids is 2. The molecule has 24 heavy (non-hydrogen) atoms. The number of amides is 2. The first kappa shape index (κ1) is 17.2. The Kier molecular flexibility index (Phi) is 5.31. The molecule has 126 valence electrons. The van der Waals surface area contributed by atoms with Crippen molar-refractivity contribution in [2.75, 3.05) is 6.61 Å². The summed E-state index contributed by atoms with van der Waals surface area (Å²) in [5, 5.41) is 15.9. The summed E-state index contributed by atoms with van der Waals surface area (Å²) in [7, 11) is 0. The van der Waals surface area contributed by atoms with Crippen molar-refractivity contribution in [2.24, 2.45) is 0 Å². The summed E-state index contributed by atoms with van der Waals surface area (Å²) in [5.41, 5.74) is 1.12. The Bertz CT molecular complexity index is 722. The molecule has 1 atom stereocenters. The van der Waals surface area contributed by atoms with Crippen molar-refractivity contribution in [3.05, 3.63) is 63.4 Å². The van der Waals surface area contributed by atoms with Gasteiger partial charge in [-0.25, -0.2) is 9.59 Å². The number of hydrogen-bond donors (Lipinski definition) is 2. The van der Waals surface area contributed by atoms with Gasteiger partial charge in [-0.05, 0) is 31.5 Å². The van der Waals surface area contributed by atoms with Crippen LogP contribution in [-0.2, 0) is 9.53 Å². The van der Waals surface area contributed by atoms with Gasteiger partial charge in [0, 0.05) is 17.8 Å². The lowest BCUT2D eigenvalue weighted by atomic mass is 9.95. The van der Waals surface area contributed by atoms with E-state index in [4.69, 9.17) is 4.74 Å². The highest BCUT2D eigenvalue weighted by atomic mass is 16.6. The number of nitrogens with one attached hydrogen (secondary N) is 2. The topological polar surface area (TPSA) is 111 Å². The van der Waals surface area contributed by atoms with E-state index < -0.39 is 23.0 Å². The molecule has 2 rings (SSSR count). The second-order valence-electron chi connectivity index (χ2n) is 5.09. The maximum absolute atomic E-state index is 12.3. The van der Waals surface area contributed by atoms with Crippen LogP contribution in [0.1, 0.15) is 25.5 Å². The summed E-state index contributed by atoms with van der Waals surface area (Å²) in [6, 6.07) is 4.45. The van der Waals surface area contributed by atoms with E-state index in [2.05, 4.69) is 10.6 Å². The van der Waals surface area contributed by atoms with E-state index in [9.17, 15) is 19.7 Å². The van der Waals surface area contributed by atoms with Crippen molar-refractivity contribution in [3.63, 3.8) is 0 Å². The van der Waals surface area contributed by atoms with Gasteiger partial charge in [0.2, 0.25) is 0 Å². The van der Waals surface area contributed by atoms with E-state index in [0.717, 1.165) is 0 Å². The van der Waals surface area contributed by atoms with Crippen LogP contribution in [0.15, 0.2) is 47.7 Å². The Morgan fingerprint density at radius 1 is 1.38 bits per heavy atom. The van der Waals surface area contributed by atoms with Gasteiger partial charge in [0.15, 0.2) is 0 Å². The number of hydrogen-bond acceptors (Lipinski definition) is 5. The SMILES string of the molecule is C/C=C/COC(=O)C1=C(C)NC(=O)N[C@@H]1c1ccc([N+](=O)[O-])cc1. The number of esters is 1. The fourth-order valence-corrected chi connectivity index (χ4v) is 2.30. The molecule has 1 aromatic carbocycles. The minimum Gasteiger partial charge on any atom is -0.458 e. The quantitative estimate of drug-likeness (QED) is 0.372. The summed E-state index contributed by atoms with van der Waals surface area (Å²) in [6.45, 7) is 3.52. The van der Waals surface area contributed by atoms with Gasteiger partial charge in [-0.3, -0.25) is 10.1 Å². The minimum atomic E-state index is -0.738.